The summed E-state index contributed by atoms with van der Waals surface area (Å²) in [6, 6.07) is 0. The Bertz CT molecular complexity index is 1280. The highest BCUT2D eigenvalue weighted by molar-refractivity contribution is 5.76. The fourth-order valence-electron chi connectivity index (χ4n) is 10.5. The molecule has 0 aliphatic carbocycles. The molecular formula is C68H130N2O9. The lowest BCUT2D eigenvalue weighted by Gasteiger charge is -2.28. The van der Waals surface area contributed by atoms with Gasteiger partial charge < -0.3 is 28.7 Å². The van der Waals surface area contributed by atoms with Gasteiger partial charge in [0.15, 0.2) is 0 Å². The van der Waals surface area contributed by atoms with Crippen molar-refractivity contribution < 1.29 is 42.9 Å². The van der Waals surface area contributed by atoms with Gasteiger partial charge in [-0.1, -0.05) is 214 Å². The first kappa shape index (κ1) is 76.3. The van der Waals surface area contributed by atoms with Gasteiger partial charge in [-0.25, -0.2) is 0 Å². The number of nitrogens with zero attached hydrogens (tertiary/aromatic N) is 2. The number of unbranched alkanes of at least 4 members (excludes halogenated alkanes) is 31. The topological polar surface area (TPSA) is 129 Å². The highest BCUT2D eigenvalue weighted by Gasteiger charge is 2.23. The smallest absolute Gasteiger partial charge is 0.306 e. The molecule has 0 fully saturated rings. The zero-order valence-corrected chi connectivity index (χ0v) is 53.3. The van der Waals surface area contributed by atoms with E-state index in [1.807, 2.05) is 4.90 Å². The van der Waals surface area contributed by atoms with Crippen LogP contribution in [0.3, 0.4) is 0 Å². The molecule has 0 unspecified atom stereocenters. The number of carbonyl (C=O) groups is 5. The molecule has 0 saturated heterocycles. The Kier molecular flexibility index (Phi) is 56.5. The molecule has 0 aromatic heterocycles. The summed E-state index contributed by atoms with van der Waals surface area (Å²) in [7, 11) is 4.11. The summed E-state index contributed by atoms with van der Waals surface area (Å²) in [4.78, 5) is 70.0. The third-order valence-corrected chi connectivity index (χ3v) is 15.7. The minimum absolute atomic E-state index is 0.0213. The predicted molar refractivity (Wildman–Crippen MR) is 330 cm³/mol. The van der Waals surface area contributed by atoms with Crippen molar-refractivity contribution in [1.82, 2.24) is 9.80 Å². The van der Waals surface area contributed by atoms with Crippen LogP contribution in [-0.2, 0) is 42.9 Å². The lowest BCUT2D eigenvalue weighted by atomic mass is 10.0. The van der Waals surface area contributed by atoms with E-state index in [1.165, 1.54) is 135 Å². The molecule has 0 N–H and O–H groups in total. The van der Waals surface area contributed by atoms with Crippen LogP contribution >= 0.6 is 0 Å². The van der Waals surface area contributed by atoms with E-state index < -0.39 is 0 Å². The van der Waals surface area contributed by atoms with Crippen LogP contribution < -0.4 is 0 Å². The highest BCUT2D eigenvalue weighted by atomic mass is 16.6. The van der Waals surface area contributed by atoms with E-state index in [1.54, 1.807) is 0 Å². The Morgan fingerprint density at radius 1 is 0.316 bits per heavy atom. The van der Waals surface area contributed by atoms with Crippen LogP contribution in [0.4, 0.5) is 0 Å². The quantitative estimate of drug-likeness (QED) is 0.0330. The van der Waals surface area contributed by atoms with Gasteiger partial charge in [-0.2, -0.15) is 0 Å². The average Bonchev–Trinajstić information content (AvgIpc) is 3.43. The summed E-state index contributed by atoms with van der Waals surface area (Å²) < 4.78 is 23.8. The second-order valence-corrected chi connectivity index (χ2v) is 24.0. The SMILES string of the molecule is CCCCCCCCC(CCCCCCCC)OC(=O)CCCCCCC(=O)OCC(COC(=O)CCCCCCC(=O)OC(CCCCCCCC)CCCCCCCC)CN(CCCCN(C)C)C(=O)CCCCCCC. The molecule has 0 aliphatic heterocycles. The third-order valence-electron chi connectivity index (χ3n) is 15.7. The Balaban J connectivity index is 5.28. The highest BCUT2D eigenvalue weighted by Crippen LogP contribution is 2.21. The van der Waals surface area contributed by atoms with Gasteiger partial charge in [0.1, 0.15) is 12.2 Å². The number of hydrogen-bond acceptors (Lipinski definition) is 10. The minimum Gasteiger partial charge on any atom is -0.465 e. The van der Waals surface area contributed by atoms with Crippen LogP contribution in [0.25, 0.3) is 0 Å². The van der Waals surface area contributed by atoms with E-state index in [9.17, 15) is 24.0 Å². The molecule has 0 aliphatic rings. The van der Waals surface area contributed by atoms with E-state index in [2.05, 4.69) is 53.6 Å². The molecule has 0 atom stereocenters. The van der Waals surface area contributed by atoms with Crippen molar-refractivity contribution in [3.05, 3.63) is 0 Å². The summed E-state index contributed by atoms with van der Waals surface area (Å²) >= 11 is 0. The van der Waals surface area contributed by atoms with Gasteiger partial charge >= 0.3 is 23.9 Å². The lowest BCUT2D eigenvalue weighted by Crippen LogP contribution is -2.39. The fraction of sp³-hybridized carbons (Fsp3) is 0.926. The third kappa shape index (κ3) is 53.1. The molecule has 0 spiro atoms. The molecule has 0 aromatic rings. The van der Waals surface area contributed by atoms with Crippen LogP contribution in [-0.4, -0.2) is 98.7 Å². The summed E-state index contributed by atoms with van der Waals surface area (Å²) in [5, 5.41) is 0. The number of ether oxygens (including phenoxy) is 4. The summed E-state index contributed by atoms with van der Waals surface area (Å²) in [5.74, 6) is -1.02. The molecule has 0 bridgehead atoms. The van der Waals surface area contributed by atoms with E-state index >= 15 is 0 Å². The maximum absolute atomic E-state index is 13.7. The van der Waals surface area contributed by atoms with Crippen LogP contribution in [0.1, 0.15) is 343 Å². The first-order valence-corrected chi connectivity index (χ1v) is 34.1. The number of carbonyl (C=O) groups excluding carboxylic acids is 5. The van der Waals surface area contributed by atoms with Crippen molar-refractivity contribution in [3.63, 3.8) is 0 Å². The van der Waals surface area contributed by atoms with Gasteiger partial charge in [-0.3, -0.25) is 24.0 Å². The standard InChI is InChI=1S/C68H130N2O9/c1-8-13-18-23-28-36-47-62(48-37-29-24-19-14-9-2)78-67(74)54-43-34-32-41-52-65(72)76-59-61(58-70(57-46-45-56-69(6)7)64(71)51-40-27-22-17-12-5)60-77-66(73)53-42-33-35-44-55-68(75)79-63(49-38-30-25-20-15-10-3)50-39-31-26-21-16-11-4/h61-63H,8-60H2,1-7H3. The zero-order chi connectivity index (χ0) is 58.1. The van der Waals surface area contributed by atoms with Crippen molar-refractivity contribution in [3.8, 4) is 0 Å². The predicted octanol–water partition coefficient (Wildman–Crippen LogP) is 18.7. The molecule has 0 heterocycles. The normalized spacial score (nSPS) is 11.6. The number of hydrogen-bond donors (Lipinski definition) is 0. The zero-order valence-electron chi connectivity index (χ0n) is 53.3. The molecule has 0 rings (SSSR count). The molecule has 466 valence electrons. The average molecular weight is 1120 g/mol. The minimum atomic E-state index is -0.348. The van der Waals surface area contributed by atoms with Crippen molar-refractivity contribution >= 4 is 29.8 Å². The van der Waals surface area contributed by atoms with Crippen LogP contribution in [0.2, 0.25) is 0 Å². The molecule has 0 saturated carbocycles. The first-order valence-electron chi connectivity index (χ1n) is 34.1. The molecule has 79 heavy (non-hydrogen) atoms. The van der Waals surface area contributed by atoms with Gasteiger partial charge in [0.05, 0.1) is 13.2 Å². The number of esters is 4. The second-order valence-electron chi connectivity index (χ2n) is 24.0. The number of amides is 1. The van der Waals surface area contributed by atoms with Gasteiger partial charge in [0, 0.05) is 51.1 Å². The van der Waals surface area contributed by atoms with E-state index in [0.717, 1.165) is 135 Å². The van der Waals surface area contributed by atoms with E-state index in [4.69, 9.17) is 18.9 Å². The lowest BCUT2D eigenvalue weighted by molar-refractivity contribution is -0.151. The van der Waals surface area contributed by atoms with Gasteiger partial charge in [0.2, 0.25) is 5.91 Å². The van der Waals surface area contributed by atoms with Gasteiger partial charge in [0.25, 0.3) is 0 Å². The van der Waals surface area contributed by atoms with E-state index in [-0.39, 0.29) is 74.0 Å². The Hall–Kier alpha value is -2.69. The molecule has 1 amide bonds. The van der Waals surface area contributed by atoms with Crippen LogP contribution in [0.5, 0.6) is 0 Å². The van der Waals surface area contributed by atoms with Gasteiger partial charge in [-0.05, 0) is 117 Å². The van der Waals surface area contributed by atoms with E-state index in [0.29, 0.717) is 45.2 Å². The summed E-state index contributed by atoms with van der Waals surface area (Å²) in [6.45, 7) is 13.2. The fourth-order valence-corrected chi connectivity index (χ4v) is 10.5. The first-order chi connectivity index (χ1) is 38.5. The van der Waals surface area contributed by atoms with Crippen molar-refractivity contribution in [2.24, 2.45) is 5.92 Å². The maximum Gasteiger partial charge on any atom is 0.306 e. The van der Waals surface area contributed by atoms with Crippen LogP contribution in [0, 0.1) is 5.92 Å². The largest absolute Gasteiger partial charge is 0.465 e. The summed E-state index contributed by atoms with van der Waals surface area (Å²) in [5.41, 5.74) is 0. The molecule has 0 aromatic carbocycles. The van der Waals surface area contributed by atoms with Crippen molar-refractivity contribution in [2.45, 2.75) is 355 Å². The maximum atomic E-state index is 13.7. The van der Waals surface area contributed by atoms with Crippen molar-refractivity contribution in [2.75, 3.05) is 46.9 Å². The monoisotopic (exact) mass is 1120 g/mol. The second kappa shape index (κ2) is 58.5. The Labute approximate surface area is 488 Å². The van der Waals surface area contributed by atoms with Gasteiger partial charge in [-0.15, -0.1) is 0 Å². The molecule has 0 radical (unpaired) electrons. The Morgan fingerprint density at radius 2 is 0.595 bits per heavy atom. The van der Waals surface area contributed by atoms with Crippen LogP contribution in [0.15, 0.2) is 0 Å². The summed E-state index contributed by atoms with van der Waals surface area (Å²) in [6.07, 6.45) is 48.7. The Morgan fingerprint density at radius 3 is 0.924 bits per heavy atom. The molecule has 11 nitrogen and oxygen atoms in total. The molecule has 11 heteroatoms. The number of rotatable bonds is 61. The van der Waals surface area contributed by atoms with Crippen molar-refractivity contribution in [1.29, 1.82) is 0 Å². The molecular weight excluding hydrogens is 989 g/mol.